The lowest BCUT2D eigenvalue weighted by molar-refractivity contribution is 0.591. The van der Waals surface area contributed by atoms with E-state index in [9.17, 15) is 8.42 Å². The molecule has 3 nitrogen and oxygen atoms in total. The molecule has 1 radical (unpaired) electrons. The molecular formula is C13H15ClNO2S. The van der Waals surface area contributed by atoms with Crippen LogP contribution in [0.4, 0.5) is 0 Å². The van der Waals surface area contributed by atoms with Crippen LogP contribution in [0.5, 0.6) is 0 Å². The van der Waals surface area contributed by atoms with Gasteiger partial charge < -0.3 is 4.57 Å². The quantitative estimate of drug-likeness (QED) is 0.866. The minimum Gasteiger partial charge on any atom is -0.344 e. The summed E-state index contributed by atoms with van der Waals surface area (Å²) in [6.45, 7) is 6.03. The number of nitrogens with zero attached hydrogens (tertiary/aromatic N) is 1. The zero-order valence-electron chi connectivity index (χ0n) is 10.2. The number of sulfone groups is 1. The van der Waals surface area contributed by atoms with Crippen LogP contribution in [0.25, 0.3) is 10.9 Å². The maximum Gasteiger partial charge on any atom is 0.151 e. The molecule has 0 aliphatic carbocycles. The Bertz CT molecular complexity index is 674. The summed E-state index contributed by atoms with van der Waals surface area (Å²) in [5, 5.41) is 1.65. The van der Waals surface area contributed by atoms with Crippen LogP contribution in [0.1, 0.15) is 12.6 Å². The highest BCUT2D eigenvalue weighted by Crippen LogP contribution is 2.23. The summed E-state index contributed by atoms with van der Waals surface area (Å²) in [4.78, 5) is 0. The number of aryl methyl sites for hydroxylation is 1. The molecule has 0 fully saturated rings. The highest BCUT2D eigenvalue weighted by molar-refractivity contribution is 7.91. The van der Waals surface area contributed by atoms with E-state index < -0.39 is 9.84 Å². The average Bonchev–Trinajstić information content (AvgIpc) is 2.61. The van der Waals surface area contributed by atoms with E-state index in [0.29, 0.717) is 11.6 Å². The van der Waals surface area contributed by atoms with Gasteiger partial charge in [-0.2, -0.15) is 0 Å². The molecule has 0 atom stereocenters. The van der Waals surface area contributed by atoms with Crippen LogP contribution in [0.3, 0.4) is 0 Å². The Kier molecular flexibility index (Phi) is 3.69. The molecule has 0 saturated carbocycles. The molecule has 0 unspecified atom stereocenters. The third-order valence-electron chi connectivity index (χ3n) is 3.01. The van der Waals surface area contributed by atoms with Gasteiger partial charge in [0.1, 0.15) is 0 Å². The number of fused-ring (bicyclic) bond motifs is 1. The largest absolute Gasteiger partial charge is 0.344 e. The summed E-state index contributed by atoms with van der Waals surface area (Å²) >= 11 is 5.93. The number of benzene rings is 1. The fourth-order valence-corrected chi connectivity index (χ4v) is 2.87. The summed E-state index contributed by atoms with van der Waals surface area (Å²) in [7, 11) is -2.96. The Morgan fingerprint density at radius 2 is 2.06 bits per heavy atom. The number of hydrogen-bond donors (Lipinski definition) is 0. The van der Waals surface area contributed by atoms with E-state index in [1.807, 2.05) is 22.8 Å². The Labute approximate surface area is 112 Å². The van der Waals surface area contributed by atoms with E-state index in [4.69, 9.17) is 11.6 Å². The van der Waals surface area contributed by atoms with Gasteiger partial charge in [-0.05, 0) is 31.2 Å². The van der Waals surface area contributed by atoms with Crippen molar-refractivity contribution in [2.75, 3.05) is 11.5 Å². The molecule has 1 heterocycles. The molecule has 0 amide bonds. The molecule has 0 saturated heterocycles. The summed E-state index contributed by atoms with van der Waals surface area (Å²) in [5.41, 5.74) is 1.77. The molecule has 18 heavy (non-hydrogen) atoms. The second kappa shape index (κ2) is 4.94. The van der Waals surface area contributed by atoms with Crippen LogP contribution in [-0.2, 0) is 16.4 Å². The van der Waals surface area contributed by atoms with Crippen molar-refractivity contribution < 1.29 is 8.42 Å². The summed E-state index contributed by atoms with van der Waals surface area (Å²) in [6, 6.07) is 7.47. The van der Waals surface area contributed by atoms with E-state index in [1.54, 1.807) is 13.0 Å². The number of halogens is 1. The molecule has 0 spiro atoms. The standard InChI is InChI=1S/C13H15ClNO2S/c1-3-18(16,17)7-6-15-10(2)8-11-9-12(14)4-5-13(11)15/h4-5,8-9H,2-3,6-7H2,1H3. The lowest BCUT2D eigenvalue weighted by atomic mass is 10.2. The fourth-order valence-electron chi connectivity index (χ4n) is 1.94. The van der Waals surface area contributed by atoms with Crippen LogP contribution >= 0.6 is 11.6 Å². The SMILES string of the molecule is [CH2]c1cc2cc(Cl)ccc2n1CCS(=O)(=O)CC. The third-order valence-corrected chi connectivity index (χ3v) is 4.93. The lowest BCUT2D eigenvalue weighted by Crippen LogP contribution is -2.15. The van der Waals surface area contributed by atoms with Crippen molar-refractivity contribution >= 4 is 32.3 Å². The molecule has 2 aromatic rings. The number of hydrogen-bond acceptors (Lipinski definition) is 2. The van der Waals surface area contributed by atoms with Gasteiger partial charge in [0.05, 0.1) is 5.75 Å². The smallest absolute Gasteiger partial charge is 0.151 e. The van der Waals surface area contributed by atoms with Crippen LogP contribution in [0.2, 0.25) is 5.02 Å². The van der Waals surface area contributed by atoms with E-state index >= 15 is 0 Å². The Morgan fingerprint density at radius 1 is 1.33 bits per heavy atom. The van der Waals surface area contributed by atoms with Gasteiger partial charge in [0.25, 0.3) is 0 Å². The Hall–Kier alpha value is -1.00. The van der Waals surface area contributed by atoms with Crippen molar-refractivity contribution in [1.29, 1.82) is 0 Å². The minimum atomic E-state index is -2.96. The van der Waals surface area contributed by atoms with Gasteiger partial charge in [-0.25, -0.2) is 8.42 Å². The van der Waals surface area contributed by atoms with Gasteiger partial charge in [0.2, 0.25) is 0 Å². The molecule has 0 N–H and O–H groups in total. The predicted molar refractivity (Wildman–Crippen MR) is 75.7 cm³/mol. The molecule has 1 aromatic carbocycles. The maximum absolute atomic E-state index is 11.5. The van der Waals surface area contributed by atoms with Crippen LogP contribution in [0.15, 0.2) is 24.3 Å². The van der Waals surface area contributed by atoms with E-state index in [0.717, 1.165) is 16.6 Å². The Morgan fingerprint density at radius 3 is 2.72 bits per heavy atom. The second-order valence-corrected chi connectivity index (χ2v) is 7.14. The van der Waals surface area contributed by atoms with E-state index in [-0.39, 0.29) is 11.5 Å². The van der Waals surface area contributed by atoms with Crippen molar-refractivity contribution in [3.63, 3.8) is 0 Å². The third kappa shape index (κ3) is 2.70. The van der Waals surface area contributed by atoms with Gasteiger partial charge in [-0.15, -0.1) is 0 Å². The predicted octanol–water partition coefficient (Wildman–Crippen LogP) is 2.91. The Balaban J connectivity index is 2.36. The molecule has 97 valence electrons. The molecule has 2 rings (SSSR count). The van der Waals surface area contributed by atoms with Gasteiger partial charge in [0.15, 0.2) is 9.84 Å². The lowest BCUT2D eigenvalue weighted by Gasteiger charge is -2.08. The second-order valence-electron chi connectivity index (χ2n) is 4.23. The zero-order valence-corrected chi connectivity index (χ0v) is 11.8. The van der Waals surface area contributed by atoms with E-state index in [2.05, 4.69) is 6.92 Å². The first-order valence-corrected chi connectivity index (χ1v) is 7.94. The maximum atomic E-state index is 11.5. The van der Waals surface area contributed by atoms with Gasteiger partial charge in [-0.1, -0.05) is 18.5 Å². The first kappa shape index (κ1) is 13.4. The average molecular weight is 285 g/mol. The zero-order chi connectivity index (χ0) is 13.3. The first-order chi connectivity index (χ1) is 8.43. The molecule has 0 aliphatic rings. The van der Waals surface area contributed by atoms with Gasteiger partial charge >= 0.3 is 0 Å². The molecule has 0 bridgehead atoms. The van der Waals surface area contributed by atoms with Crippen LogP contribution in [0, 0.1) is 6.92 Å². The summed E-state index contributed by atoms with van der Waals surface area (Å²) in [6.07, 6.45) is 0. The minimum absolute atomic E-state index is 0.137. The number of rotatable bonds is 4. The van der Waals surface area contributed by atoms with E-state index in [1.165, 1.54) is 0 Å². The van der Waals surface area contributed by atoms with Gasteiger partial charge in [-0.3, -0.25) is 0 Å². The molecule has 1 aromatic heterocycles. The van der Waals surface area contributed by atoms with Crippen molar-refractivity contribution in [2.45, 2.75) is 13.5 Å². The number of aromatic nitrogens is 1. The monoisotopic (exact) mass is 284 g/mol. The van der Waals surface area contributed by atoms with Gasteiger partial charge in [0, 0.05) is 33.9 Å². The van der Waals surface area contributed by atoms with Crippen molar-refractivity contribution in [3.8, 4) is 0 Å². The van der Waals surface area contributed by atoms with Crippen molar-refractivity contribution in [1.82, 2.24) is 4.57 Å². The highest BCUT2D eigenvalue weighted by atomic mass is 35.5. The molecule has 5 heteroatoms. The van der Waals surface area contributed by atoms with Crippen molar-refractivity contribution in [2.24, 2.45) is 0 Å². The first-order valence-electron chi connectivity index (χ1n) is 5.74. The topological polar surface area (TPSA) is 39.1 Å². The fraction of sp³-hybridized carbons (Fsp3) is 0.308. The highest BCUT2D eigenvalue weighted by Gasteiger charge is 2.11. The molecule has 0 aliphatic heterocycles. The summed E-state index contributed by atoms with van der Waals surface area (Å²) in [5.74, 6) is 0.308. The van der Waals surface area contributed by atoms with Crippen LogP contribution < -0.4 is 0 Å². The summed E-state index contributed by atoms with van der Waals surface area (Å²) < 4.78 is 25.0. The molecular weight excluding hydrogens is 270 g/mol. The van der Waals surface area contributed by atoms with Crippen molar-refractivity contribution in [3.05, 3.63) is 41.9 Å². The van der Waals surface area contributed by atoms with Crippen LogP contribution in [-0.4, -0.2) is 24.5 Å². The normalized spacial score (nSPS) is 12.2.